The van der Waals surface area contributed by atoms with Gasteiger partial charge in [0.1, 0.15) is 21.4 Å². The number of amides is 1. The van der Waals surface area contributed by atoms with E-state index in [4.69, 9.17) is 0 Å². The van der Waals surface area contributed by atoms with Gasteiger partial charge in [0.25, 0.3) is 5.91 Å². The second kappa shape index (κ2) is 5.98. The maximum absolute atomic E-state index is 13.3. The number of nitrogens with zero attached hydrogens (tertiary/aromatic N) is 3. The van der Waals surface area contributed by atoms with E-state index in [2.05, 4.69) is 20.2 Å². The van der Waals surface area contributed by atoms with E-state index in [-0.39, 0.29) is 17.8 Å². The molecule has 7 heteroatoms. The molecule has 0 unspecified atom stereocenters. The van der Waals surface area contributed by atoms with Crippen LogP contribution in [0.2, 0.25) is 0 Å². The molecule has 3 saturated heterocycles. The van der Waals surface area contributed by atoms with Crippen molar-refractivity contribution in [1.82, 2.24) is 20.2 Å². The molecule has 3 aliphatic heterocycles. The molecule has 3 aliphatic rings. The molecule has 0 saturated carbocycles. The van der Waals surface area contributed by atoms with Gasteiger partial charge in [-0.3, -0.25) is 9.78 Å². The highest BCUT2D eigenvalue weighted by atomic mass is 32.1. The van der Waals surface area contributed by atoms with Crippen molar-refractivity contribution in [2.24, 2.45) is 5.92 Å². The lowest BCUT2D eigenvalue weighted by atomic mass is 9.84. The SMILES string of the molecule is O=C(N[C@H]1CN2CCC1CC2)c1cnc(-c2cc(F)ccn2)s1. The van der Waals surface area contributed by atoms with Gasteiger partial charge in [-0.15, -0.1) is 11.3 Å². The van der Waals surface area contributed by atoms with Crippen molar-refractivity contribution in [3.05, 3.63) is 35.2 Å². The van der Waals surface area contributed by atoms with Crippen LogP contribution in [0.1, 0.15) is 22.5 Å². The predicted octanol–water partition coefficient (Wildman–Crippen LogP) is 2.17. The molecule has 120 valence electrons. The number of nitrogens with one attached hydrogen (secondary N) is 1. The highest BCUT2D eigenvalue weighted by Gasteiger charge is 2.35. The van der Waals surface area contributed by atoms with E-state index in [0.29, 0.717) is 21.5 Å². The molecule has 5 rings (SSSR count). The van der Waals surface area contributed by atoms with Crippen LogP contribution in [0.3, 0.4) is 0 Å². The van der Waals surface area contributed by atoms with Crippen molar-refractivity contribution in [3.63, 3.8) is 0 Å². The Bertz CT molecular complexity index is 726. The van der Waals surface area contributed by atoms with Gasteiger partial charge >= 0.3 is 0 Å². The Morgan fingerprint density at radius 1 is 1.35 bits per heavy atom. The molecule has 5 nitrogen and oxygen atoms in total. The Labute approximate surface area is 137 Å². The van der Waals surface area contributed by atoms with Crippen molar-refractivity contribution in [3.8, 4) is 10.7 Å². The number of halogens is 1. The van der Waals surface area contributed by atoms with Gasteiger partial charge in [-0.1, -0.05) is 0 Å². The zero-order valence-corrected chi connectivity index (χ0v) is 13.4. The van der Waals surface area contributed by atoms with Crippen LogP contribution in [0, 0.1) is 11.7 Å². The summed E-state index contributed by atoms with van der Waals surface area (Å²) in [6.07, 6.45) is 5.26. The maximum Gasteiger partial charge on any atom is 0.263 e. The van der Waals surface area contributed by atoms with Gasteiger partial charge < -0.3 is 10.2 Å². The summed E-state index contributed by atoms with van der Waals surface area (Å²) in [7, 11) is 0. The molecule has 0 spiro atoms. The molecule has 2 aromatic rings. The number of hydrogen-bond donors (Lipinski definition) is 1. The van der Waals surface area contributed by atoms with Crippen molar-refractivity contribution in [2.75, 3.05) is 19.6 Å². The Hall–Kier alpha value is -1.86. The fraction of sp³-hybridized carbons (Fsp3) is 0.438. The molecule has 3 fully saturated rings. The van der Waals surface area contributed by atoms with E-state index in [1.54, 1.807) is 6.20 Å². The van der Waals surface area contributed by atoms with E-state index in [1.165, 1.54) is 29.7 Å². The summed E-state index contributed by atoms with van der Waals surface area (Å²) in [5, 5.41) is 3.70. The summed E-state index contributed by atoms with van der Waals surface area (Å²) in [6.45, 7) is 3.23. The van der Waals surface area contributed by atoms with Crippen molar-refractivity contribution >= 4 is 17.2 Å². The molecule has 23 heavy (non-hydrogen) atoms. The first-order chi connectivity index (χ1) is 11.2. The van der Waals surface area contributed by atoms with Gasteiger partial charge in [0.15, 0.2) is 0 Å². The molecule has 0 aliphatic carbocycles. The molecular weight excluding hydrogens is 315 g/mol. The summed E-state index contributed by atoms with van der Waals surface area (Å²) in [4.78, 5) is 23.7. The number of fused-ring (bicyclic) bond motifs is 3. The molecule has 1 amide bonds. The normalized spacial score (nSPS) is 26.2. The minimum atomic E-state index is -0.358. The van der Waals surface area contributed by atoms with E-state index in [1.807, 2.05) is 0 Å². The summed E-state index contributed by atoms with van der Waals surface area (Å²) in [5.41, 5.74) is 0.455. The van der Waals surface area contributed by atoms with Crippen LogP contribution in [0.4, 0.5) is 4.39 Å². The molecule has 1 N–H and O–H groups in total. The molecule has 2 bridgehead atoms. The first kappa shape index (κ1) is 14.7. The van der Waals surface area contributed by atoms with Crippen LogP contribution in [0.15, 0.2) is 24.5 Å². The minimum Gasteiger partial charge on any atom is -0.347 e. The molecule has 0 radical (unpaired) electrons. The van der Waals surface area contributed by atoms with Gasteiger partial charge in [0.05, 0.1) is 6.20 Å². The van der Waals surface area contributed by atoms with Crippen molar-refractivity contribution in [1.29, 1.82) is 0 Å². The van der Waals surface area contributed by atoms with Crippen LogP contribution in [-0.4, -0.2) is 46.5 Å². The number of pyridine rings is 1. The number of piperidine rings is 3. The van der Waals surface area contributed by atoms with Crippen LogP contribution < -0.4 is 5.32 Å². The van der Waals surface area contributed by atoms with E-state index >= 15 is 0 Å². The smallest absolute Gasteiger partial charge is 0.263 e. The number of carbonyl (C=O) groups is 1. The van der Waals surface area contributed by atoms with Crippen LogP contribution in [0.25, 0.3) is 10.7 Å². The van der Waals surface area contributed by atoms with Crippen molar-refractivity contribution < 1.29 is 9.18 Å². The zero-order chi connectivity index (χ0) is 15.8. The number of aromatic nitrogens is 2. The fourth-order valence-corrected chi connectivity index (χ4v) is 4.17. The maximum atomic E-state index is 13.3. The summed E-state index contributed by atoms with van der Waals surface area (Å²) in [5.74, 6) is 0.133. The van der Waals surface area contributed by atoms with E-state index in [0.717, 1.165) is 32.5 Å². The Morgan fingerprint density at radius 3 is 2.87 bits per heavy atom. The van der Waals surface area contributed by atoms with Gasteiger partial charge in [0.2, 0.25) is 0 Å². The molecule has 2 aromatic heterocycles. The minimum absolute atomic E-state index is 0.0936. The Balaban J connectivity index is 1.47. The highest BCUT2D eigenvalue weighted by molar-refractivity contribution is 7.16. The molecule has 5 heterocycles. The fourth-order valence-electron chi connectivity index (χ4n) is 3.39. The van der Waals surface area contributed by atoms with Crippen LogP contribution >= 0.6 is 11.3 Å². The van der Waals surface area contributed by atoms with E-state index < -0.39 is 0 Å². The lowest BCUT2D eigenvalue weighted by Crippen LogP contribution is -2.57. The molecule has 1 atom stereocenters. The lowest BCUT2D eigenvalue weighted by molar-refractivity contribution is 0.0622. The van der Waals surface area contributed by atoms with Gasteiger partial charge in [0, 0.05) is 24.8 Å². The number of thiazole rings is 1. The highest BCUT2D eigenvalue weighted by Crippen LogP contribution is 2.28. The largest absolute Gasteiger partial charge is 0.347 e. The van der Waals surface area contributed by atoms with E-state index in [9.17, 15) is 9.18 Å². The van der Waals surface area contributed by atoms with Gasteiger partial charge in [-0.25, -0.2) is 9.37 Å². The average Bonchev–Trinajstić information content (AvgIpc) is 3.06. The lowest BCUT2D eigenvalue weighted by Gasteiger charge is -2.44. The second-order valence-electron chi connectivity index (χ2n) is 6.11. The summed E-state index contributed by atoms with van der Waals surface area (Å²) < 4.78 is 13.3. The zero-order valence-electron chi connectivity index (χ0n) is 12.5. The first-order valence-corrected chi connectivity index (χ1v) is 8.61. The van der Waals surface area contributed by atoms with Gasteiger partial charge in [-0.2, -0.15) is 0 Å². The molecule has 0 aromatic carbocycles. The first-order valence-electron chi connectivity index (χ1n) is 7.80. The third kappa shape index (κ3) is 2.98. The number of rotatable bonds is 3. The standard InChI is InChI=1S/C16H17FN4OS/c17-11-1-4-18-12(7-11)16-19-8-14(23-16)15(22)20-13-9-21-5-2-10(13)3-6-21/h1,4,7-8,10,13H,2-3,5-6,9H2,(H,20,22)/t13-/m0/s1. The number of carbonyl (C=O) groups excluding carboxylic acids is 1. The topological polar surface area (TPSA) is 58.1 Å². The summed E-state index contributed by atoms with van der Waals surface area (Å²) >= 11 is 1.25. The number of hydrogen-bond acceptors (Lipinski definition) is 5. The van der Waals surface area contributed by atoms with Gasteiger partial charge in [-0.05, 0) is 37.9 Å². The van der Waals surface area contributed by atoms with Crippen molar-refractivity contribution in [2.45, 2.75) is 18.9 Å². The average molecular weight is 332 g/mol. The molecular formula is C16H17FN4OS. The van der Waals surface area contributed by atoms with Crippen LogP contribution in [0.5, 0.6) is 0 Å². The third-order valence-corrected chi connectivity index (χ3v) is 5.66. The Kier molecular flexibility index (Phi) is 3.82. The summed E-state index contributed by atoms with van der Waals surface area (Å²) in [6, 6.07) is 2.84. The predicted molar refractivity (Wildman–Crippen MR) is 85.7 cm³/mol. The quantitative estimate of drug-likeness (QED) is 0.936. The Morgan fingerprint density at radius 2 is 2.17 bits per heavy atom. The second-order valence-corrected chi connectivity index (χ2v) is 7.14. The monoisotopic (exact) mass is 332 g/mol. The van der Waals surface area contributed by atoms with Crippen LogP contribution in [-0.2, 0) is 0 Å². The third-order valence-electron chi connectivity index (χ3n) is 4.64.